The second-order valence-electron chi connectivity index (χ2n) is 12.8. The third-order valence-corrected chi connectivity index (χ3v) is 9.51. The summed E-state index contributed by atoms with van der Waals surface area (Å²) in [6.07, 6.45) is 13.5. The summed E-state index contributed by atoms with van der Waals surface area (Å²) in [6, 6.07) is 13.9. The molecule has 0 aliphatic carbocycles. The quantitative estimate of drug-likeness (QED) is 0.0378. The summed E-state index contributed by atoms with van der Waals surface area (Å²) in [6.45, 7) is 2.15. The normalized spacial score (nSPS) is 13.7. The van der Waals surface area contributed by atoms with Crippen LogP contribution in [0, 0.1) is 5.92 Å². The Balaban J connectivity index is 1.98. The third kappa shape index (κ3) is 15.3. The van der Waals surface area contributed by atoms with E-state index < -0.39 is 54.2 Å². The van der Waals surface area contributed by atoms with Crippen LogP contribution in [0.4, 0.5) is 0 Å². The van der Waals surface area contributed by atoms with Gasteiger partial charge in [-0.2, -0.15) is 0 Å². The highest BCUT2D eigenvalue weighted by molar-refractivity contribution is 7.98. The lowest BCUT2D eigenvalue weighted by molar-refractivity contribution is -0.170. The van der Waals surface area contributed by atoms with Crippen molar-refractivity contribution >= 4 is 41.4 Å². The van der Waals surface area contributed by atoms with Gasteiger partial charge in [0.2, 0.25) is 5.91 Å². The van der Waals surface area contributed by atoms with E-state index in [0.717, 1.165) is 54.5 Å². The average molecular weight is 712 g/mol. The van der Waals surface area contributed by atoms with E-state index in [-0.39, 0.29) is 12.2 Å². The van der Waals surface area contributed by atoms with Crippen molar-refractivity contribution in [2.24, 2.45) is 5.92 Å². The van der Waals surface area contributed by atoms with Gasteiger partial charge in [-0.05, 0) is 60.8 Å². The monoisotopic (exact) mass is 711 g/mol. The highest BCUT2D eigenvalue weighted by Crippen LogP contribution is 2.28. The maximum Gasteiger partial charge on any atom is 0.336 e. The summed E-state index contributed by atoms with van der Waals surface area (Å²) in [5.41, 5.74) is -0.201. The Bertz CT molecular complexity index is 1410. The molecule has 2 rings (SSSR count). The van der Waals surface area contributed by atoms with Crippen molar-refractivity contribution in [2.75, 3.05) is 6.26 Å². The number of rotatable bonds is 26. The van der Waals surface area contributed by atoms with Crippen molar-refractivity contribution in [3.05, 3.63) is 66.2 Å². The molecule has 1 amide bonds. The number of aliphatic hydroxyl groups is 1. The molecule has 5 N–H and O–H groups in total. The number of carbonyl (C=O) groups is 5. The summed E-state index contributed by atoms with van der Waals surface area (Å²) in [5.74, 6) is -6.64. The average Bonchev–Trinajstić information content (AvgIpc) is 3.08. The molecule has 11 heteroatoms. The van der Waals surface area contributed by atoms with Crippen molar-refractivity contribution < 1.29 is 44.4 Å². The second kappa shape index (κ2) is 22.7. The first-order chi connectivity index (χ1) is 23.9. The van der Waals surface area contributed by atoms with E-state index in [1.165, 1.54) is 18.9 Å². The Kier molecular flexibility index (Phi) is 19.2. The van der Waals surface area contributed by atoms with Crippen molar-refractivity contribution in [1.29, 1.82) is 0 Å². The molecule has 0 fully saturated rings. The number of hydrogen-bond donors (Lipinski definition) is 5. The van der Waals surface area contributed by atoms with E-state index in [1.807, 2.05) is 42.7 Å². The van der Waals surface area contributed by atoms with Crippen molar-refractivity contribution in [3.63, 3.8) is 0 Å². The lowest BCUT2D eigenvalue weighted by Gasteiger charge is -2.29. The standard InChI is InChI=1S/C39H53NO9S/c1-3-4-5-8-12-15-32(41)16-13-10-7-6-9-11-14-31(39(49,38(47)48)27-36(43)44)26-35(42)40-34(37(45)46)25-28-17-19-29(20-18-28)30-21-23-33(50-2)24-22-30/h11,14,17-24,31,34,49H,3-10,12-13,15-16,25-27H2,1-2H3,(H,40,42)(H,43,44)(H,45,46)(H,47,48)/b14-11+/t31-,34+,39+/m1/s1. The van der Waals surface area contributed by atoms with Crippen LogP contribution >= 0.6 is 11.8 Å². The number of allylic oxidation sites excluding steroid dienone is 1. The number of thioether (sulfide) groups is 1. The number of aliphatic carboxylic acids is 3. The van der Waals surface area contributed by atoms with Gasteiger partial charge in [-0.3, -0.25) is 14.4 Å². The molecule has 274 valence electrons. The third-order valence-electron chi connectivity index (χ3n) is 8.76. The maximum absolute atomic E-state index is 13.1. The molecule has 0 aliphatic heterocycles. The fraction of sp³-hybridized carbons (Fsp3) is 0.513. The van der Waals surface area contributed by atoms with E-state index in [2.05, 4.69) is 12.2 Å². The molecule has 0 spiro atoms. The Morgan fingerprint density at radius 3 is 1.88 bits per heavy atom. The smallest absolute Gasteiger partial charge is 0.336 e. The van der Waals surface area contributed by atoms with Crippen LogP contribution in [0.15, 0.2) is 65.6 Å². The zero-order valence-corrected chi connectivity index (χ0v) is 30.1. The SMILES string of the molecule is CCCCCCCC(=O)CCCCCC/C=C/[C@H](CC(=O)N[C@@H](Cc1ccc(-c2ccc(SC)cc2)cc1)C(=O)O)[C@@](O)(CC(=O)O)C(=O)O. The number of ketones is 1. The van der Waals surface area contributed by atoms with Gasteiger partial charge in [-0.25, -0.2) is 9.59 Å². The molecule has 0 saturated carbocycles. The first-order valence-electron chi connectivity index (χ1n) is 17.5. The molecule has 3 atom stereocenters. The van der Waals surface area contributed by atoms with Crippen LogP contribution < -0.4 is 5.32 Å². The Labute approximate surface area is 299 Å². The highest BCUT2D eigenvalue weighted by atomic mass is 32.2. The maximum atomic E-state index is 13.1. The fourth-order valence-electron chi connectivity index (χ4n) is 5.75. The molecule has 2 aromatic rings. The van der Waals surface area contributed by atoms with Gasteiger partial charge in [-0.1, -0.05) is 94.0 Å². The van der Waals surface area contributed by atoms with Crippen LogP contribution in [-0.2, 0) is 30.4 Å². The molecule has 0 heterocycles. The zero-order valence-electron chi connectivity index (χ0n) is 29.3. The minimum atomic E-state index is -2.79. The number of unbranched alkanes of at least 4 members (excludes halogenated alkanes) is 8. The van der Waals surface area contributed by atoms with Gasteiger partial charge in [0.05, 0.1) is 6.42 Å². The van der Waals surface area contributed by atoms with Gasteiger partial charge in [0, 0.05) is 36.5 Å². The van der Waals surface area contributed by atoms with Crippen molar-refractivity contribution in [2.45, 2.75) is 120 Å². The van der Waals surface area contributed by atoms with Gasteiger partial charge < -0.3 is 25.7 Å². The summed E-state index contributed by atoms with van der Waals surface area (Å²) >= 11 is 1.64. The van der Waals surface area contributed by atoms with Crippen LogP contribution in [-0.4, -0.2) is 67.9 Å². The number of Topliss-reactive ketones (excluding diaryl/α,β-unsaturated/α-hetero) is 1. The lowest BCUT2D eigenvalue weighted by Crippen LogP contribution is -2.50. The summed E-state index contributed by atoms with van der Waals surface area (Å²) < 4.78 is 0. The Hall–Kier alpha value is -3.96. The largest absolute Gasteiger partial charge is 0.481 e. The van der Waals surface area contributed by atoms with E-state index >= 15 is 0 Å². The number of nitrogens with one attached hydrogen (secondary N) is 1. The number of amides is 1. The van der Waals surface area contributed by atoms with Gasteiger partial charge in [-0.15, -0.1) is 11.8 Å². The predicted molar refractivity (Wildman–Crippen MR) is 195 cm³/mol. The minimum Gasteiger partial charge on any atom is -0.481 e. The molecule has 0 bridgehead atoms. The topological polar surface area (TPSA) is 178 Å². The lowest BCUT2D eigenvalue weighted by atomic mass is 9.81. The molecular weight excluding hydrogens is 658 g/mol. The molecule has 0 unspecified atom stereocenters. The van der Waals surface area contributed by atoms with Gasteiger partial charge >= 0.3 is 17.9 Å². The van der Waals surface area contributed by atoms with Crippen LogP contribution in [0.5, 0.6) is 0 Å². The van der Waals surface area contributed by atoms with Gasteiger partial charge in [0.15, 0.2) is 5.60 Å². The predicted octanol–water partition coefficient (Wildman–Crippen LogP) is 7.31. The number of hydrogen-bond acceptors (Lipinski definition) is 7. The number of benzene rings is 2. The van der Waals surface area contributed by atoms with Crippen LogP contribution in [0.1, 0.15) is 102 Å². The van der Waals surface area contributed by atoms with Crippen LogP contribution in [0.25, 0.3) is 11.1 Å². The van der Waals surface area contributed by atoms with E-state index in [0.29, 0.717) is 31.2 Å². The van der Waals surface area contributed by atoms with Crippen molar-refractivity contribution in [3.8, 4) is 11.1 Å². The molecule has 0 radical (unpaired) electrons. The molecular formula is C39H53NO9S. The first-order valence-corrected chi connectivity index (χ1v) is 18.7. The van der Waals surface area contributed by atoms with E-state index in [9.17, 15) is 44.4 Å². The van der Waals surface area contributed by atoms with Crippen molar-refractivity contribution in [1.82, 2.24) is 5.32 Å². The summed E-state index contributed by atoms with van der Waals surface area (Å²) in [5, 5.41) is 42.4. The fourth-order valence-corrected chi connectivity index (χ4v) is 6.15. The molecule has 10 nitrogen and oxygen atoms in total. The zero-order chi connectivity index (χ0) is 36.9. The van der Waals surface area contributed by atoms with E-state index in [4.69, 9.17) is 0 Å². The number of carbonyl (C=O) groups excluding carboxylic acids is 2. The Morgan fingerprint density at radius 2 is 1.36 bits per heavy atom. The van der Waals surface area contributed by atoms with Crippen LogP contribution in [0.3, 0.4) is 0 Å². The molecule has 2 aromatic carbocycles. The highest BCUT2D eigenvalue weighted by Gasteiger charge is 2.46. The minimum absolute atomic E-state index is 0.0455. The van der Waals surface area contributed by atoms with Gasteiger partial charge in [0.25, 0.3) is 0 Å². The van der Waals surface area contributed by atoms with E-state index in [1.54, 1.807) is 30.0 Å². The molecule has 0 aliphatic rings. The number of carboxylic acids is 3. The molecule has 0 saturated heterocycles. The molecule has 0 aromatic heterocycles. The summed E-state index contributed by atoms with van der Waals surface area (Å²) in [7, 11) is 0. The summed E-state index contributed by atoms with van der Waals surface area (Å²) in [4.78, 5) is 62.0. The Morgan fingerprint density at radius 1 is 0.800 bits per heavy atom. The second-order valence-corrected chi connectivity index (χ2v) is 13.7. The first kappa shape index (κ1) is 42.2. The number of carboxylic acid groups (broad SMARTS) is 3. The van der Waals surface area contributed by atoms with Gasteiger partial charge in [0.1, 0.15) is 11.8 Å². The molecule has 50 heavy (non-hydrogen) atoms. The van der Waals surface area contributed by atoms with Crippen LogP contribution in [0.2, 0.25) is 0 Å².